The molecule has 0 saturated carbocycles. The normalized spacial score (nSPS) is 13.9. The second-order valence-corrected chi connectivity index (χ2v) is 6.02. The third-order valence-corrected chi connectivity index (χ3v) is 4.44. The monoisotopic (exact) mass is 318 g/mol. The zero-order chi connectivity index (χ0) is 17.3. The molecule has 0 bridgehead atoms. The summed E-state index contributed by atoms with van der Waals surface area (Å²) >= 11 is 0. The van der Waals surface area contributed by atoms with Gasteiger partial charge in [-0.15, -0.1) is 0 Å². The van der Waals surface area contributed by atoms with Crippen LogP contribution in [0.1, 0.15) is 34.0 Å². The van der Waals surface area contributed by atoms with Gasteiger partial charge in [0, 0.05) is 17.6 Å². The summed E-state index contributed by atoms with van der Waals surface area (Å²) in [6, 6.07) is 14.9. The average Bonchev–Trinajstić information content (AvgIpc) is 2.58. The van der Waals surface area contributed by atoms with Crippen LogP contribution in [0, 0.1) is 0 Å². The number of hydrogen-bond donors (Lipinski definition) is 1. The van der Waals surface area contributed by atoms with Crippen molar-refractivity contribution in [2.24, 2.45) is 0 Å². The third kappa shape index (κ3) is 2.93. The lowest BCUT2D eigenvalue weighted by Gasteiger charge is -2.22. The molecule has 0 spiro atoms. The minimum Gasteiger partial charge on any atom is -0.481 e. The van der Waals surface area contributed by atoms with Crippen molar-refractivity contribution >= 4 is 17.3 Å². The number of aliphatic carboxylic acids is 1. The molecule has 0 amide bonds. The van der Waals surface area contributed by atoms with Gasteiger partial charge in [0.25, 0.3) is 0 Å². The van der Waals surface area contributed by atoms with Crippen LogP contribution in [0.3, 0.4) is 0 Å². The van der Waals surface area contributed by atoms with Gasteiger partial charge in [0.15, 0.2) is 5.78 Å². The highest BCUT2D eigenvalue weighted by atomic mass is 16.4. The zero-order valence-corrected chi connectivity index (χ0v) is 13.5. The number of benzene rings is 2. The molecule has 0 fully saturated rings. The van der Waals surface area contributed by atoms with Crippen molar-refractivity contribution in [3.8, 4) is 0 Å². The number of carbonyl (C=O) groups excluding carboxylic acids is 1. The third-order valence-electron chi connectivity index (χ3n) is 4.44. The number of carboxylic acid groups (broad SMARTS) is 1. The van der Waals surface area contributed by atoms with Crippen LogP contribution in [0.15, 0.2) is 66.3 Å². The summed E-state index contributed by atoms with van der Waals surface area (Å²) in [4.78, 5) is 23.6. The molecule has 0 atom stereocenters. The van der Waals surface area contributed by atoms with Crippen molar-refractivity contribution in [2.45, 2.75) is 19.8 Å². The van der Waals surface area contributed by atoms with Crippen molar-refractivity contribution in [3.05, 3.63) is 88.5 Å². The van der Waals surface area contributed by atoms with Gasteiger partial charge in [0.2, 0.25) is 0 Å². The van der Waals surface area contributed by atoms with Crippen molar-refractivity contribution in [1.29, 1.82) is 0 Å². The quantitative estimate of drug-likeness (QED) is 0.924. The van der Waals surface area contributed by atoms with Crippen LogP contribution in [0.2, 0.25) is 0 Å². The Morgan fingerprint density at radius 1 is 1.00 bits per heavy atom. The van der Waals surface area contributed by atoms with Gasteiger partial charge in [-0.05, 0) is 34.8 Å². The Morgan fingerprint density at radius 3 is 2.21 bits per heavy atom. The van der Waals surface area contributed by atoms with Gasteiger partial charge in [0.05, 0.1) is 6.42 Å². The summed E-state index contributed by atoms with van der Waals surface area (Å²) in [7, 11) is 0. The van der Waals surface area contributed by atoms with E-state index in [1.807, 2.05) is 43.3 Å². The summed E-state index contributed by atoms with van der Waals surface area (Å²) in [5.41, 5.74) is 5.91. The fourth-order valence-electron chi connectivity index (χ4n) is 3.03. The molecule has 24 heavy (non-hydrogen) atoms. The first-order valence-corrected chi connectivity index (χ1v) is 7.80. The molecule has 0 saturated heterocycles. The Morgan fingerprint density at radius 2 is 1.58 bits per heavy atom. The van der Waals surface area contributed by atoms with Crippen LogP contribution in [-0.4, -0.2) is 16.9 Å². The Hall–Kier alpha value is -2.94. The lowest BCUT2D eigenvalue weighted by atomic mass is 9.80. The van der Waals surface area contributed by atoms with Crippen LogP contribution >= 0.6 is 0 Å². The van der Waals surface area contributed by atoms with E-state index in [1.54, 1.807) is 12.1 Å². The molecule has 3 nitrogen and oxygen atoms in total. The zero-order valence-electron chi connectivity index (χ0n) is 13.5. The maximum Gasteiger partial charge on any atom is 0.307 e. The molecule has 2 aromatic carbocycles. The van der Waals surface area contributed by atoms with Crippen molar-refractivity contribution in [3.63, 3.8) is 0 Å². The van der Waals surface area contributed by atoms with E-state index in [9.17, 15) is 9.59 Å². The van der Waals surface area contributed by atoms with Crippen molar-refractivity contribution in [1.82, 2.24) is 0 Å². The molecule has 0 unspecified atom stereocenters. The highest BCUT2D eigenvalue weighted by molar-refractivity contribution is 6.17. The van der Waals surface area contributed by atoms with Gasteiger partial charge in [-0.1, -0.05) is 55.1 Å². The lowest BCUT2D eigenvalue weighted by Crippen LogP contribution is -2.16. The van der Waals surface area contributed by atoms with Gasteiger partial charge in [-0.2, -0.15) is 0 Å². The molecular weight excluding hydrogens is 300 g/mol. The maximum absolute atomic E-state index is 12.8. The number of carboxylic acids is 1. The van der Waals surface area contributed by atoms with E-state index in [0.717, 1.165) is 33.4 Å². The number of ketones is 1. The average molecular weight is 318 g/mol. The topological polar surface area (TPSA) is 54.4 Å². The molecule has 0 radical (unpaired) electrons. The Kier molecular flexibility index (Phi) is 4.17. The van der Waals surface area contributed by atoms with Crippen LogP contribution in [0.4, 0.5) is 0 Å². The molecule has 3 heteroatoms. The summed E-state index contributed by atoms with van der Waals surface area (Å²) in [6.45, 7) is 6.07. The summed E-state index contributed by atoms with van der Waals surface area (Å²) in [5.74, 6) is -0.804. The largest absolute Gasteiger partial charge is 0.481 e. The smallest absolute Gasteiger partial charge is 0.307 e. The Balaban J connectivity index is 1.90. The van der Waals surface area contributed by atoms with Crippen LogP contribution < -0.4 is 0 Å². The lowest BCUT2D eigenvalue weighted by molar-refractivity contribution is -0.136. The summed E-state index contributed by atoms with van der Waals surface area (Å²) in [5, 5.41) is 8.83. The summed E-state index contributed by atoms with van der Waals surface area (Å²) in [6.07, 6.45) is 0.524. The van der Waals surface area contributed by atoms with E-state index in [0.29, 0.717) is 12.0 Å². The molecule has 1 aliphatic carbocycles. The van der Waals surface area contributed by atoms with E-state index < -0.39 is 5.97 Å². The molecular formula is C21H18O3. The van der Waals surface area contributed by atoms with Crippen LogP contribution in [0.25, 0.3) is 5.57 Å². The Bertz CT molecular complexity index is 870. The number of carbonyl (C=O) groups is 2. The standard InChI is InChI=1S/C21H18O3/c1-13-14(2)19(21(24)18-6-4-3-5-17(13)18)11-15-7-9-16(10-8-15)12-20(22)23/h3-10H,1,11-12H2,2H3,(H,22,23). The van der Waals surface area contributed by atoms with Crippen LogP contribution in [-0.2, 0) is 17.6 Å². The van der Waals surface area contributed by atoms with E-state index in [2.05, 4.69) is 6.58 Å². The van der Waals surface area contributed by atoms with Gasteiger partial charge in [-0.25, -0.2) is 0 Å². The first kappa shape index (κ1) is 15.9. The van der Waals surface area contributed by atoms with Crippen molar-refractivity contribution in [2.75, 3.05) is 0 Å². The summed E-state index contributed by atoms with van der Waals surface area (Å²) < 4.78 is 0. The molecule has 0 heterocycles. The van der Waals surface area contributed by atoms with E-state index in [-0.39, 0.29) is 12.2 Å². The van der Waals surface area contributed by atoms with E-state index >= 15 is 0 Å². The maximum atomic E-state index is 12.8. The predicted octanol–water partition coefficient (Wildman–Crippen LogP) is 4.08. The fourth-order valence-corrected chi connectivity index (χ4v) is 3.03. The molecule has 1 aliphatic rings. The van der Waals surface area contributed by atoms with E-state index in [1.165, 1.54) is 0 Å². The molecule has 0 aromatic heterocycles. The second kappa shape index (κ2) is 6.28. The molecule has 2 aromatic rings. The van der Waals surface area contributed by atoms with Gasteiger partial charge < -0.3 is 5.11 Å². The number of Topliss-reactive ketones (excluding diaryl/α,β-unsaturated/α-hetero) is 1. The SMILES string of the molecule is C=C1C(C)=C(Cc2ccc(CC(=O)O)cc2)C(=O)c2ccccc21. The first-order valence-electron chi connectivity index (χ1n) is 7.80. The van der Waals surface area contributed by atoms with Crippen molar-refractivity contribution < 1.29 is 14.7 Å². The van der Waals surface area contributed by atoms with Crippen LogP contribution in [0.5, 0.6) is 0 Å². The fraction of sp³-hybridized carbons (Fsp3) is 0.143. The predicted molar refractivity (Wildman–Crippen MR) is 94.0 cm³/mol. The minimum absolute atomic E-state index is 0.00508. The highest BCUT2D eigenvalue weighted by Gasteiger charge is 2.25. The van der Waals surface area contributed by atoms with Gasteiger partial charge in [-0.3, -0.25) is 9.59 Å². The highest BCUT2D eigenvalue weighted by Crippen LogP contribution is 2.35. The van der Waals surface area contributed by atoms with E-state index in [4.69, 9.17) is 5.11 Å². The molecule has 1 N–H and O–H groups in total. The molecule has 0 aliphatic heterocycles. The number of hydrogen-bond acceptors (Lipinski definition) is 2. The number of allylic oxidation sites excluding steroid dienone is 3. The molecule has 120 valence electrons. The number of fused-ring (bicyclic) bond motifs is 1. The second-order valence-electron chi connectivity index (χ2n) is 6.02. The number of rotatable bonds is 4. The minimum atomic E-state index is -0.850. The van der Waals surface area contributed by atoms with Gasteiger partial charge >= 0.3 is 5.97 Å². The Labute approximate surface area is 141 Å². The van der Waals surface area contributed by atoms with Gasteiger partial charge in [0.1, 0.15) is 0 Å². The first-order chi connectivity index (χ1) is 11.5. The molecule has 3 rings (SSSR count).